The van der Waals surface area contributed by atoms with Crippen LogP contribution in [0.4, 0.5) is 5.69 Å². The summed E-state index contributed by atoms with van der Waals surface area (Å²) >= 11 is 0. The number of rotatable bonds is 7. The fourth-order valence-corrected chi connectivity index (χ4v) is 20.9. The van der Waals surface area contributed by atoms with Crippen molar-refractivity contribution >= 4 is 201 Å². The molecule has 0 aliphatic rings. The van der Waals surface area contributed by atoms with Crippen molar-refractivity contribution in [2.75, 3.05) is 0 Å². The highest BCUT2D eigenvalue weighted by Gasteiger charge is 2.28. The van der Waals surface area contributed by atoms with Crippen molar-refractivity contribution in [2.24, 2.45) is 0 Å². The molecule has 9 heteroatoms. The van der Waals surface area contributed by atoms with E-state index in [0.29, 0.717) is 5.69 Å². The second kappa shape index (κ2) is 30.2. The van der Waals surface area contributed by atoms with Crippen molar-refractivity contribution < 1.29 is 13.3 Å². The molecule has 0 spiro atoms. The molecular weight excluding hydrogens is 1600 g/mol. The Morgan fingerprint density at radius 2 is 0.427 bits per heavy atom. The Labute approximate surface area is 749 Å². The third-order valence-electron chi connectivity index (χ3n) is 26.5. The highest BCUT2D eigenvalue weighted by molar-refractivity contribution is 6.33. The molecule has 0 aliphatic carbocycles. The van der Waals surface area contributed by atoms with E-state index in [9.17, 15) is 0 Å². The summed E-state index contributed by atoms with van der Waals surface area (Å²) in [4.78, 5) is 28.6. The molecule has 0 unspecified atom stereocenters. The Morgan fingerprint density at radius 1 is 0.183 bits per heavy atom. The second-order valence-electron chi connectivity index (χ2n) is 33.6. The van der Waals surface area contributed by atoms with E-state index < -0.39 is 0 Å². The van der Waals surface area contributed by atoms with Crippen molar-refractivity contribution in [3.05, 3.63) is 437 Å². The number of hydrogen-bond donors (Lipinski definition) is 0. The first-order valence-corrected chi connectivity index (χ1v) is 44.1. The topological polar surface area (TPSA) is 108 Å². The molecule has 8 aromatic heterocycles. The van der Waals surface area contributed by atoms with Crippen LogP contribution in [0.1, 0.15) is 0 Å². The van der Waals surface area contributed by atoms with E-state index in [1.807, 2.05) is 79.4 Å². The quantitative estimate of drug-likeness (QED) is 0.0882. The zero-order valence-electron chi connectivity index (χ0n) is 70.3. The molecule has 0 N–H and O–H groups in total. The summed E-state index contributed by atoms with van der Waals surface area (Å²) in [5.41, 5.74) is 24.3. The Kier molecular flexibility index (Phi) is 17.2. The lowest BCUT2D eigenvalue weighted by atomic mass is 9.85. The average molecular weight is 1670 g/mol. The smallest absolute Gasteiger partial charge is 0.187 e. The molecule has 131 heavy (non-hydrogen) atoms. The van der Waals surface area contributed by atoms with Gasteiger partial charge >= 0.3 is 0 Å². The normalized spacial score (nSPS) is 11.8. The van der Waals surface area contributed by atoms with E-state index in [-0.39, 0.29) is 0 Å². The first kappa shape index (κ1) is 74.6. The van der Waals surface area contributed by atoms with Crippen molar-refractivity contribution in [2.45, 2.75) is 0 Å². The fourth-order valence-electron chi connectivity index (χ4n) is 20.9. The molecule has 28 rings (SSSR count). The van der Waals surface area contributed by atoms with E-state index in [2.05, 4.69) is 361 Å². The molecule has 0 radical (unpaired) electrons. The summed E-state index contributed by atoms with van der Waals surface area (Å²) in [6, 6.07) is 140. The number of aromatic nitrogens is 5. The standard InChI is InChI=1S/C44H26N2O.C40H22N2O.C38H22N2O/c1-3-14-33-31(12-1)40(28-21-19-27(20-22-28)29-10-9-25-45-26-29)32-13-2-4-15-34(32)41(33)43-37-24-23-35-30-11-6-8-18-39(30)47-44(35)42(37)36-16-5-7-17-38(36)46-43;1-41-25-20-18-24(19-21-25)36-27-11-2-4-13-29(27)37(30-14-5-3-12-28(30)36)39-33-23-22-31-26-10-7-9-17-35(26)43-40(31)38(33)32-15-6-8-16-34(32)42-39;1-3-14-27-25(12-1)34(23-10-9-21-39-22-23)26-13-2-4-15-28(26)35(27)37-31-20-19-29-24-11-6-8-18-33(24)41-38(29)36(31)30-16-5-7-17-32(30)40-37/h1-26H;2-23H;1-22H. The Balaban J connectivity index is 0.000000103. The molecule has 20 aromatic carbocycles. The van der Waals surface area contributed by atoms with Gasteiger partial charge in [-0.3, -0.25) is 9.97 Å². The van der Waals surface area contributed by atoms with E-state index >= 15 is 0 Å². The zero-order chi connectivity index (χ0) is 86.3. The number of nitrogens with zero attached hydrogens (tertiary/aromatic N) is 6. The second-order valence-corrected chi connectivity index (χ2v) is 33.6. The van der Waals surface area contributed by atoms with Crippen molar-refractivity contribution in [1.29, 1.82) is 0 Å². The lowest BCUT2D eigenvalue weighted by molar-refractivity contribution is 0.672. The Bertz CT molecular complexity index is 9530. The zero-order valence-corrected chi connectivity index (χ0v) is 70.3. The molecular formula is C122H70N6O3. The highest BCUT2D eigenvalue weighted by atomic mass is 16.3. The van der Waals surface area contributed by atoms with E-state index in [4.69, 9.17) is 34.8 Å². The molecule has 0 fully saturated rings. The van der Waals surface area contributed by atoms with Crippen LogP contribution in [-0.4, -0.2) is 24.9 Å². The van der Waals surface area contributed by atoms with Gasteiger partial charge in [-0.2, -0.15) is 0 Å². The molecule has 0 saturated carbocycles. The summed E-state index contributed by atoms with van der Waals surface area (Å²) in [7, 11) is 0. The van der Waals surface area contributed by atoms with Crippen molar-refractivity contribution in [3.8, 4) is 78.3 Å². The number of benzene rings is 20. The molecule has 0 bridgehead atoms. The van der Waals surface area contributed by atoms with Crippen LogP contribution in [0.25, 0.3) is 279 Å². The molecule has 9 nitrogen and oxygen atoms in total. The van der Waals surface area contributed by atoms with Gasteiger partial charge in [0.25, 0.3) is 0 Å². The van der Waals surface area contributed by atoms with E-state index in [1.54, 1.807) is 0 Å². The molecule has 0 amide bonds. The van der Waals surface area contributed by atoms with Gasteiger partial charge in [-0.05, 0) is 170 Å². The van der Waals surface area contributed by atoms with Crippen LogP contribution in [0.2, 0.25) is 0 Å². The van der Waals surface area contributed by atoms with Crippen molar-refractivity contribution in [1.82, 2.24) is 24.9 Å². The largest absolute Gasteiger partial charge is 0.455 e. The third-order valence-corrected chi connectivity index (χ3v) is 26.5. The first-order valence-electron chi connectivity index (χ1n) is 44.1. The van der Waals surface area contributed by atoms with Gasteiger partial charge in [0.1, 0.15) is 33.5 Å². The first-order chi connectivity index (χ1) is 65.0. The number of fused-ring (bicyclic) bond motifs is 27. The summed E-state index contributed by atoms with van der Waals surface area (Å²) in [6.45, 7) is 7.42. The molecule has 0 saturated heterocycles. The van der Waals surface area contributed by atoms with Crippen LogP contribution in [-0.2, 0) is 0 Å². The lowest BCUT2D eigenvalue weighted by Crippen LogP contribution is -1.95. The van der Waals surface area contributed by atoms with Gasteiger partial charge in [-0.1, -0.05) is 334 Å². The minimum absolute atomic E-state index is 0.637. The van der Waals surface area contributed by atoms with Crippen LogP contribution in [0, 0.1) is 6.57 Å². The van der Waals surface area contributed by atoms with Crippen LogP contribution in [0.15, 0.2) is 438 Å². The van der Waals surface area contributed by atoms with Gasteiger partial charge in [0, 0.05) is 128 Å². The SMILES string of the molecule is [C-]#[N+]c1ccc(-c2c3ccccc3c(-c3nc4ccccc4c4c3ccc3c5ccccc5oc34)c3ccccc23)cc1.c1cncc(-c2c3ccccc3c(-c3nc4ccccc4c4c3ccc3c5ccccc5oc34)c3ccccc23)c1.c1cncc(-c2ccc(-c3c4ccccc4c(-c4nc5ccccc5c5c4ccc4c6ccccc6oc45)c4ccccc34)cc2)c1. The Morgan fingerprint density at radius 3 is 0.725 bits per heavy atom. The van der Waals surface area contributed by atoms with E-state index in [1.165, 1.54) is 59.8 Å². The molecule has 0 atom stereocenters. The summed E-state index contributed by atoms with van der Waals surface area (Å²) in [5.74, 6) is 0. The van der Waals surface area contributed by atoms with Crippen LogP contribution in [0.3, 0.4) is 0 Å². The van der Waals surface area contributed by atoms with Crippen LogP contribution in [0.5, 0.6) is 0 Å². The number of furan rings is 3. The fraction of sp³-hybridized carbons (Fsp3) is 0. The predicted octanol–water partition coefficient (Wildman–Crippen LogP) is 33.8. The number of pyridine rings is 5. The van der Waals surface area contributed by atoms with Crippen LogP contribution < -0.4 is 0 Å². The van der Waals surface area contributed by atoms with Gasteiger partial charge in [-0.25, -0.2) is 19.8 Å². The highest BCUT2D eigenvalue weighted by Crippen LogP contribution is 2.53. The molecule has 0 aliphatic heterocycles. The summed E-state index contributed by atoms with van der Waals surface area (Å²) in [5, 5.41) is 30.5. The maximum Gasteiger partial charge on any atom is 0.187 e. The predicted molar refractivity (Wildman–Crippen MR) is 545 cm³/mol. The monoisotopic (exact) mass is 1670 g/mol. The minimum atomic E-state index is 0.637. The van der Waals surface area contributed by atoms with Gasteiger partial charge in [0.05, 0.1) is 40.2 Å². The third kappa shape index (κ3) is 11.8. The maximum atomic E-state index is 7.42. The van der Waals surface area contributed by atoms with E-state index in [0.717, 1.165) is 214 Å². The minimum Gasteiger partial charge on any atom is -0.455 e. The van der Waals surface area contributed by atoms with Gasteiger partial charge in [0.2, 0.25) is 0 Å². The average Bonchev–Trinajstić information content (AvgIpc) is 1.71. The lowest BCUT2D eigenvalue weighted by Gasteiger charge is -2.19. The molecule has 606 valence electrons. The summed E-state index contributed by atoms with van der Waals surface area (Å²) < 4.78 is 19.8. The van der Waals surface area contributed by atoms with Crippen LogP contribution >= 0.6 is 0 Å². The number of hydrogen-bond acceptors (Lipinski definition) is 8. The van der Waals surface area contributed by atoms with Crippen molar-refractivity contribution in [3.63, 3.8) is 0 Å². The molecule has 28 aromatic rings. The maximum absolute atomic E-state index is 7.42. The number of para-hydroxylation sites is 6. The van der Waals surface area contributed by atoms with Gasteiger partial charge in [0.15, 0.2) is 5.69 Å². The molecule has 8 heterocycles. The summed E-state index contributed by atoms with van der Waals surface area (Å²) in [6.07, 6.45) is 7.50. The van der Waals surface area contributed by atoms with Gasteiger partial charge < -0.3 is 13.3 Å². The van der Waals surface area contributed by atoms with Gasteiger partial charge in [-0.15, -0.1) is 0 Å². The Hall–Kier alpha value is -17.8.